The molecule has 0 atom stereocenters. The third-order valence-electron chi connectivity index (χ3n) is 5.17. The van der Waals surface area contributed by atoms with Crippen molar-refractivity contribution in [1.29, 1.82) is 5.26 Å². The van der Waals surface area contributed by atoms with E-state index in [0.717, 1.165) is 44.0 Å². The first-order valence-electron chi connectivity index (χ1n) is 10.3. The lowest BCUT2D eigenvalue weighted by Gasteiger charge is -2.33. The van der Waals surface area contributed by atoms with Gasteiger partial charge in [-0.15, -0.1) is 24.0 Å². The van der Waals surface area contributed by atoms with Gasteiger partial charge in [0, 0.05) is 42.8 Å². The molecule has 31 heavy (non-hydrogen) atoms. The summed E-state index contributed by atoms with van der Waals surface area (Å²) in [6.45, 7) is 5.83. The molecule has 0 unspecified atom stereocenters. The zero-order valence-corrected chi connectivity index (χ0v) is 20.7. The highest BCUT2D eigenvalue weighted by Gasteiger charge is 2.20. The molecule has 1 fully saturated rings. The zero-order valence-electron chi connectivity index (χ0n) is 17.6. The predicted octanol–water partition coefficient (Wildman–Crippen LogP) is 4.69. The van der Waals surface area contributed by atoms with Crippen molar-refractivity contribution >= 4 is 41.5 Å². The van der Waals surface area contributed by atoms with Crippen LogP contribution in [0.15, 0.2) is 47.5 Å². The van der Waals surface area contributed by atoms with E-state index >= 15 is 0 Å². The number of benzene rings is 2. The Hall–Kier alpha value is -1.89. The molecule has 1 saturated heterocycles. The summed E-state index contributed by atoms with van der Waals surface area (Å²) in [4.78, 5) is 6.97. The fourth-order valence-corrected chi connectivity index (χ4v) is 3.65. The van der Waals surface area contributed by atoms with Crippen molar-refractivity contribution < 1.29 is 4.39 Å². The minimum Gasteiger partial charge on any atom is -0.357 e. The second kappa shape index (κ2) is 12.8. The molecule has 2 aromatic rings. The van der Waals surface area contributed by atoms with Crippen molar-refractivity contribution in [3.8, 4) is 6.07 Å². The van der Waals surface area contributed by atoms with E-state index in [1.807, 2.05) is 25.1 Å². The number of rotatable bonds is 6. The molecule has 0 saturated carbocycles. The highest BCUT2D eigenvalue weighted by atomic mass is 127. The van der Waals surface area contributed by atoms with Gasteiger partial charge in [-0.3, -0.25) is 4.90 Å². The van der Waals surface area contributed by atoms with Crippen LogP contribution in [-0.4, -0.2) is 36.5 Å². The highest BCUT2D eigenvalue weighted by molar-refractivity contribution is 14.0. The second-order valence-electron chi connectivity index (χ2n) is 7.43. The second-order valence-corrected chi connectivity index (χ2v) is 7.87. The Morgan fingerprint density at radius 3 is 2.58 bits per heavy atom. The summed E-state index contributed by atoms with van der Waals surface area (Å²) >= 11 is 5.96. The number of nitrogens with zero attached hydrogens (tertiary/aromatic N) is 3. The summed E-state index contributed by atoms with van der Waals surface area (Å²) in [5, 5.41) is 16.5. The van der Waals surface area contributed by atoms with Crippen LogP contribution in [0.1, 0.15) is 36.5 Å². The molecule has 0 aliphatic carbocycles. The van der Waals surface area contributed by atoms with Crippen molar-refractivity contribution in [3.63, 3.8) is 0 Å². The van der Waals surface area contributed by atoms with E-state index in [2.05, 4.69) is 32.7 Å². The molecule has 1 heterocycles. The minimum absolute atomic E-state index is 0. The summed E-state index contributed by atoms with van der Waals surface area (Å²) in [5.74, 6) is 0.333. The maximum absolute atomic E-state index is 14.0. The number of hydrogen-bond acceptors (Lipinski definition) is 3. The van der Waals surface area contributed by atoms with Gasteiger partial charge in [0.1, 0.15) is 5.82 Å². The number of hydrogen-bond donors (Lipinski definition) is 2. The summed E-state index contributed by atoms with van der Waals surface area (Å²) in [7, 11) is 0. The van der Waals surface area contributed by atoms with Crippen molar-refractivity contribution in [2.75, 3.05) is 19.6 Å². The van der Waals surface area contributed by atoms with Crippen molar-refractivity contribution in [2.45, 2.75) is 38.9 Å². The number of aliphatic imine (C=N–C) groups is 1. The maximum Gasteiger partial charge on any atom is 0.191 e. The maximum atomic E-state index is 14.0. The lowest BCUT2D eigenvalue weighted by molar-refractivity contribution is 0.198. The summed E-state index contributed by atoms with van der Waals surface area (Å²) < 4.78 is 14.0. The third kappa shape index (κ3) is 7.95. The van der Waals surface area contributed by atoms with Gasteiger partial charge in [-0.25, -0.2) is 9.38 Å². The van der Waals surface area contributed by atoms with E-state index in [4.69, 9.17) is 16.9 Å². The van der Waals surface area contributed by atoms with Gasteiger partial charge in [0.15, 0.2) is 5.96 Å². The van der Waals surface area contributed by atoms with Gasteiger partial charge in [0.05, 0.1) is 18.2 Å². The van der Waals surface area contributed by atoms with E-state index in [1.54, 1.807) is 6.07 Å². The predicted molar refractivity (Wildman–Crippen MR) is 134 cm³/mol. The number of guanidine groups is 1. The molecule has 0 spiro atoms. The molecule has 2 N–H and O–H groups in total. The summed E-state index contributed by atoms with van der Waals surface area (Å²) in [5.41, 5.74) is 2.12. The highest BCUT2D eigenvalue weighted by Crippen LogP contribution is 2.16. The Morgan fingerprint density at radius 2 is 1.94 bits per heavy atom. The molecule has 3 rings (SSSR count). The lowest BCUT2D eigenvalue weighted by Crippen LogP contribution is -2.48. The summed E-state index contributed by atoms with van der Waals surface area (Å²) in [6.07, 6.45) is 2.02. The fraction of sp³-hybridized carbons (Fsp3) is 0.391. The fourth-order valence-electron chi connectivity index (χ4n) is 3.53. The largest absolute Gasteiger partial charge is 0.357 e. The number of nitriles is 1. The van der Waals surface area contributed by atoms with Gasteiger partial charge in [-0.05, 0) is 55.7 Å². The normalized spacial score (nSPS) is 15.1. The van der Waals surface area contributed by atoms with Gasteiger partial charge < -0.3 is 10.6 Å². The smallest absolute Gasteiger partial charge is 0.191 e. The molecule has 0 bridgehead atoms. The first kappa shape index (κ1) is 25.4. The Labute approximate surface area is 205 Å². The van der Waals surface area contributed by atoms with Gasteiger partial charge >= 0.3 is 0 Å². The molecule has 1 aliphatic rings. The molecule has 0 amide bonds. The Bertz CT molecular complexity index is 905. The molecule has 1 aliphatic heterocycles. The van der Waals surface area contributed by atoms with Crippen LogP contribution in [0.5, 0.6) is 0 Å². The van der Waals surface area contributed by atoms with E-state index in [9.17, 15) is 4.39 Å². The molecule has 5 nitrogen and oxygen atoms in total. The van der Waals surface area contributed by atoms with Crippen LogP contribution in [0.2, 0.25) is 5.02 Å². The van der Waals surface area contributed by atoms with Gasteiger partial charge in [0.25, 0.3) is 0 Å². The molecule has 2 aromatic carbocycles. The molecular weight excluding hydrogens is 528 g/mol. The first-order chi connectivity index (χ1) is 14.6. The van der Waals surface area contributed by atoms with Crippen LogP contribution in [0.4, 0.5) is 4.39 Å². The van der Waals surface area contributed by atoms with Crippen LogP contribution in [-0.2, 0) is 13.1 Å². The van der Waals surface area contributed by atoms with E-state index in [-0.39, 0.29) is 36.3 Å². The van der Waals surface area contributed by atoms with Gasteiger partial charge in [-0.1, -0.05) is 23.7 Å². The average molecular weight is 556 g/mol. The number of piperidine rings is 1. The van der Waals surface area contributed by atoms with Gasteiger partial charge in [0.2, 0.25) is 0 Å². The van der Waals surface area contributed by atoms with Crippen molar-refractivity contribution in [2.24, 2.45) is 4.99 Å². The standard InChI is InChI=1S/C23H27ClFN5.HI/c1-2-27-23(28-15-19-13-18(14-26)5-8-22(19)25)29-21-9-11-30(12-10-21)16-17-3-6-20(24)7-4-17;/h3-8,13,21H,2,9-12,15-16H2,1H3,(H2,27,28,29);1H. The number of nitrogens with one attached hydrogen (secondary N) is 2. The van der Waals surface area contributed by atoms with Crippen LogP contribution >= 0.6 is 35.6 Å². The molecule has 0 aromatic heterocycles. The van der Waals surface area contributed by atoms with Gasteiger partial charge in [-0.2, -0.15) is 5.26 Å². The quantitative estimate of drug-likeness (QED) is 0.309. The average Bonchev–Trinajstić information content (AvgIpc) is 2.76. The summed E-state index contributed by atoms with van der Waals surface area (Å²) in [6, 6.07) is 14.7. The molecule has 8 heteroatoms. The van der Waals surface area contributed by atoms with E-state index < -0.39 is 0 Å². The van der Waals surface area contributed by atoms with Crippen molar-refractivity contribution in [3.05, 3.63) is 70.0 Å². The van der Waals surface area contributed by atoms with Crippen LogP contribution < -0.4 is 10.6 Å². The number of halogens is 3. The van der Waals surface area contributed by atoms with Crippen LogP contribution in [0.25, 0.3) is 0 Å². The molecular formula is C23H28ClFIN5. The molecule has 166 valence electrons. The van der Waals surface area contributed by atoms with Crippen LogP contribution in [0.3, 0.4) is 0 Å². The minimum atomic E-state index is -0.343. The Balaban J connectivity index is 0.00000341. The monoisotopic (exact) mass is 555 g/mol. The zero-order chi connectivity index (χ0) is 21.3. The van der Waals surface area contributed by atoms with Crippen molar-refractivity contribution in [1.82, 2.24) is 15.5 Å². The Kier molecular flexibility index (Phi) is 10.5. The van der Waals surface area contributed by atoms with E-state index in [1.165, 1.54) is 17.7 Å². The van der Waals surface area contributed by atoms with E-state index in [0.29, 0.717) is 23.1 Å². The number of likely N-dealkylation sites (tertiary alicyclic amines) is 1. The first-order valence-corrected chi connectivity index (χ1v) is 10.7. The topological polar surface area (TPSA) is 63.5 Å². The Morgan fingerprint density at radius 1 is 1.23 bits per heavy atom. The lowest BCUT2D eigenvalue weighted by atomic mass is 10.0. The third-order valence-corrected chi connectivity index (χ3v) is 5.43. The van der Waals surface area contributed by atoms with Crippen LogP contribution in [0, 0.1) is 17.1 Å². The molecule has 0 radical (unpaired) electrons. The SMILES string of the molecule is CCNC(=NCc1cc(C#N)ccc1F)NC1CCN(Cc2ccc(Cl)cc2)CC1.I.